The number of anilines is 1. The number of rotatable bonds is 3. The molecule has 3 aromatic heterocycles. The van der Waals surface area contributed by atoms with E-state index in [-0.39, 0.29) is 5.92 Å². The second kappa shape index (κ2) is 6.33. The van der Waals surface area contributed by atoms with Gasteiger partial charge in [-0.05, 0) is 37.0 Å². The first-order valence-corrected chi connectivity index (χ1v) is 9.50. The van der Waals surface area contributed by atoms with Crippen LogP contribution in [0.15, 0.2) is 41.1 Å². The van der Waals surface area contributed by atoms with E-state index in [1.807, 2.05) is 24.3 Å². The molecule has 1 aromatic carbocycles. The van der Waals surface area contributed by atoms with Crippen molar-refractivity contribution < 1.29 is 4.42 Å². The van der Waals surface area contributed by atoms with Crippen molar-refractivity contribution >= 4 is 22.4 Å². The van der Waals surface area contributed by atoms with E-state index in [0.717, 1.165) is 60.0 Å². The third-order valence-electron chi connectivity index (χ3n) is 5.28. The molecule has 1 fully saturated rings. The van der Waals surface area contributed by atoms with E-state index in [1.165, 1.54) is 0 Å². The second-order valence-electron chi connectivity index (χ2n) is 7.51. The normalized spacial score (nSPS) is 18.0. The monoisotopic (exact) mass is 362 g/mol. The summed E-state index contributed by atoms with van der Waals surface area (Å²) in [5.74, 6) is 1.44. The van der Waals surface area contributed by atoms with Gasteiger partial charge >= 0.3 is 0 Å². The molecule has 1 aliphatic heterocycles. The van der Waals surface area contributed by atoms with E-state index in [1.54, 1.807) is 10.8 Å². The van der Waals surface area contributed by atoms with Gasteiger partial charge < -0.3 is 9.32 Å². The van der Waals surface area contributed by atoms with E-state index in [4.69, 9.17) is 9.40 Å². The van der Waals surface area contributed by atoms with Gasteiger partial charge in [0.05, 0.1) is 17.3 Å². The molecule has 0 bridgehead atoms. The zero-order valence-electron chi connectivity index (χ0n) is 15.5. The molecule has 4 heterocycles. The van der Waals surface area contributed by atoms with Crippen LogP contribution in [0.3, 0.4) is 0 Å². The third-order valence-corrected chi connectivity index (χ3v) is 5.28. The number of nitrogens with zero attached hydrogens (tertiary/aromatic N) is 6. The van der Waals surface area contributed by atoms with Crippen LogP contribution in [0, 0.1) is 0 Å². The van der Waals surface area contributed by atoms with Crippen molar-refractivity contribution in [2.45, 2.75) is 38.5 Å². The van der Waals surface area contributed by atoms with E-state index in [9.17, 15) is 0 Å². The number of fused-ring (bicyclic) bond motifs is 2. The lowest BCUT2D eigenvalue weighted by Crippen LogP contribution is -2.35. The molecule has 1 saturated heterocycles. The highest BCUT2D eigenvalue weighted by atomic mass is 16.3. The predicted molar refractivity (Wildman–Crippen MR) is 103 cm³/mol. The molecule has 7 heteroatoms. The first-order valence-electron chi connectivity index (χ1n) is 9.50. The summed E-state index contributed by atoms with van der Waals surface area (Å²) in [7, 11) is 0. The minimum absolute atomic E-state index is 0.268. The van der Waals surface area contributed by atoms with Crippen LogP contribution in [-0.2, 0) is 0 Å². The maximum atomic E-state index is 6.04. The maximum absolute atomic E-state index is 6.04. The number of hydrogen-bond donors (Lipinski definition) is 0. The predicted octanol–water partition coefficient (Wildman–Crippen LogP) is 3.77. The Hall–Kier alpha value is -2.96. The van der Waals surface area contributed by atoms with Crippen molar-refractivity contribution in [1.82, 2.24) is 24.8 Å². The fraction of sp³-hybridized carbons (Fsp3) is 0.400. The fourth-order valence-electron chi connectivity index (χ4n) is 3.81. The lowest BCUT2D eigenvalue weighted by Gasteiger charge is -2.33. The van der Waals surface area contributed by atoms with E-state index < -0.39 is 0 Å². The summed E-state index contributed by atoms with van der Waals surface area (Å²) in [6.45, 7) is 6.15. The van der Waals surface area contributed by atoms with Crippen LogP contribution < -0.4 is 4.90 Å². The molecule has 5 rings (SSSR count). The second-order valence-corrected chi connectivity index (χ2v) is 7.51. The molecular formula is C20H22N6O. The van der Waals surface area contributed by atoms with E-state index >= 15 is 0 Å². The number of aromatic nitrogens is 5. The molecule has 1 atom stereocenters. The van der Waals surface area contributed by atoms with Crippen molar-refractivity contribution in [3.8, 4) is 0 Å². The molecule has 0 N–H and O–H groups in total. The van der Waals surface area contributed by atoms with Gasteiger partial charge in [-0.1, -0.05) is 26.0 Å². The number of piperidine rings is 1. The van der Waals surface area contributed by atoms with Gasteiger partial charge in [-0.3, -0.25) is 0 Å². The van der Waals surface area contributed by atoms with Gasteiger partial charge in [0.25, 0.3) is 0 Å². The largest absolute Gasteiger partial charge is 0.440 e. The molecule has 0 aliphatic carbocycles. The van der Waals surface area contributed by atoms with Crippen LogP contribution >= 0.6 is 0 Å². The van der Waals surface area contributed by atoms with Crippen LogP contribution in [0.25, 0.3) is 16.7 Å². The summed E-state index contributed by atoms with van der Waals surface area (Å²) in [6.07, 6.45) is 3.84. The number of para-hydroxylation sites is 2. The zero-order chi connectivity index (χ0) is 18.4. The molecule has 138 valence electrons. The van der Waals surface area contributed by atoms with Crippen molar-refractivity contribution in [2.75, 3.05) is 18.0 Å². The Morgan fingerprint density at radius 1 is 1.22 bits per heavy atom. The number of oxazole rings is 1. The first kappa shape index (κ1) is 16.2. The van der Waals surface area contributed by atoms with Crippen molar-refractivity contribution in [3.63, 3.8) is 0 Å². The Kier molecular flexibility index (Phi) is 3.81. The maximum Gasteiger partial charge on any atom is 0.200 e. The number of hydrogen-bond acceptors (Lipinski definition) is 6. The van der Waals surface area contributed by atoms with E-state index in [0.29, 0.717) is 5.92 Å². The molecular weight excluding hydrogens is 340 g/mol. The average molecular weight is 362 g/mol. The van der Waals surface area contributed by atoms with Crippen LogP contribution in [0.2, 0.25) is 0 Å². The fourth-order valence-corrected chi connectivity index (χ4v) is 3.81. The molecule has 0 radical (unpaired) electrons. The summed E-state index contributed by atoms with van der Waals surface area (Å²) in [5.41, 5.74) is 4.72. The average Bonchev–Trinajstić information content (AvgIpc) is 3.33. The summed E-state index contributed by atoms with van der Waals surface area (Å²) in [4.78, 5) is 7.10. The summed E-state index contributed by atoms with van der Waals surface area (Å²) in [6, 6.07) is 10.1. The summed E-state index contributed by atoms with van der Waals surface area (Å²) >= 11 is 0. The van der Waals surface area contributed by atoms with Gasteiger partial charge in [0.15, 0.2) is 11.5 Å². The van der Waals surface area contributed by atoms with E-state index in [2.05, 4.69) is 40.1 Å². The van der Waals surface area contributed by atoms with Gasteiger partial charge in [-0.15, -0.1) is 10.2 Å². The molecule has 0 amide bonds. The molecule has 27 heavy (non-hydrogen) atoms. The highest BCUT2D eigenvalue weighted by Gasteiger charge is 2.27. The third kappa shape index (κ3) is 2.83. The topological polar surface area (TPSA) is 72.4 Å². The Morgan fingerprint density at radius 3 is 2.96 bits per heavy atom. The number of benzene rings is 1. The minimum atomic E-state index is 0.268. The minimum Gasteiger partial charge on any atom is -0.440 e. The quantitative estimate of drug-likeness (QED) is 0.552. The van der Waals surface area contributed by atoms with Gasteiger partial charge in [-0.25, -0.2) is 4.98 Å². The van der Waals surface area contributed by atoms with Crippen molar-refractivity contribution in [2.24, 2.45) is 0 Å². The SMILES string of the molecule is CC(C)c1cc(N2CCCC(c3nc4ccccc4o3)C2)c2nncn2n1. The summed E-state index contributed by atoms with van der Waals surface area (Å²) in [5, 5.41) is 13.0. The summed E-state index contributed by atoms with van der Waals surface area (Å²) < 4.78 is 7.83. The van der Waals surface area contributed by atoms with Gasteiger partial charge in [0, 0.05) is 13.1 Å². The standard InChI is InChI=1S/C20H22N6O/c1-13(2)16-10-17(19-23-21-12-26(19)24-16)25-9-5-6-14(11-25)20-22-15-7-3-4-8-18(15)27-20/h3-4,7-8,10,12-14H,5-6,9,11H2,1-2H3. The Morgan fingerprint density at radius 2 is 2.11 bits per heavy atom. The molecule has 0 spiro atoms. The molecule has 1 aliphatic rings. The van der Waals surface area contributed by atoms with Crippen molar-refractivity contribution in [1.29, 1.82) is 0 Å². The lowest BCUT2D eigenvalue weighted by molar-refractivity contribution is 0.413. The van der Waals surface area contributed by atoms with Crippen LogP contribution in [-0.4, -0.2) is 37.9 Å². The van der Waals surface area contributed by atoms with Crippen LogP contribution in [0.1, 0.15) is 50.1 Å². The zero-order valence-corrected chi connectivity index (χ0v) is 15.5. The highest BCUT2D eigenvalue weighted by molar-refractivity contribution is 5.72. The van der Waals surface area contributed by atoms with Crippen molar-refractivity contribution in [3.05, 3.63) is 48.2 Å². The molecule has 0 saturated carbocycles. The lowest BCUT2D eigenvalue weighted by atomic mass is 9.97. The molecule has 7 nitrogen and oxygen atoms in total. The highest BCUT2D eigenvalue weighted by Crippen LogP contribution is 2.33. The van der Waals surface area contributed by atoms with Crippen LogP contribution in [0.4, 0.5) is 5.69 Å². The molecule has 4 aromatic rings. The Balaban J connectivity index is 1.50. The first-order chi connectivity index (χ1) is 13.2. The van der Waals surface area contributed by atoms with Crippen LogP contribution in [0.5, 0.6) is 0 Å². The Bertz CT molecular complexity index is 1070. The molecule has 1 unspecified atom stereocenters. The smallest absolute Gasteiger partial charge is 0.200 e. The van der Waals surface area contributed by atoms with Gasteiger partial charge in [0.2, 0.25) is 5.65 Å². The Labute approximate surface area is 157 Å². The van der Waals surface area contributed by atoms with Gasteiger partial charge in [-0.2, -0.15) is 9.61 Å². The van der Waals surface area contributed by atoms with Gasteiger partial charge in [0.1, 0.15) is 11.8 Å².